The first-order valence-electron chi connectivity index (χ1n) is 7.47. The van der Waals surface area contributed by atoms with E-state index in [1.54, 1.807) is 18.5 Å². The Bertz CT molecular complexity index is 731. The molecule has 126 valence electrons. The van der Waals surface area contributed by atoms with Crippen LogP contribution in [0.5, 0.6) is 0 Å². The number of amides is 1. The van der Waals surface area contributed by atoms with E-state index in [4.69, 9.17) is 11.6 Å². The van der Waals surface area contributed by atoms with Crippen LogP contribution in [-0.4, -0.2) is 46.7 Å². The van der Waals surface area contributed by atoms with E-state index in [2.05, 4.69) is 15.3 Å². The number of aliphatic hydroxyl groups is 1. The number of nitrogens with zero attached hydrogens (tertiary/aromatic N) is 3. The van der Waals surface area contributed by atoms with E-state index in [0.717, 1.165) is 6.07 Å². The maximum atomic E-state index is 13.3. The van der Waals surface area contributed by atoms with E-state index in [1.165, 1.54) is 12.1 Å². The first kappa shape index (κ1) is 16.6. The van der Waals surface area contributed by atoms with Crippen molar-refractivity contribution in [3.05, 3.63) is 53.1 Å². The molecule has 1 amide bonds. The highest BCUT2D eigenvalue weighted by atomic mass is 35.5. The second-order valence-corrected chi connectivity index (χ2v) is 6.01. The first-order chi connectivity index (χ1) is 11.6. The van der Waals surface area contributed by atoms with Crippen LogP contribution < -0.4 is 10.2 Å². The van der Waals surface area contributed by atoms with Crippen molar-refractivity contribution in [1.29, 1.82) is 0 Å². The van der Waals surface area contributed by atoms with Crippen molar-refractivity contribution in [3.63, 3.8) is 0 Å². The topological polar surface area (TPSA) is 78.4 Å². The molecule has 2 N–H and O–H groups in total. The van der Waals surface area contributed by atoms with E-state index in [9.17, 15) is 14.3 Å². The highest BCUT2D eigenvalue weighted by Gasteiger charge is 2.35. The molecule has 2 heterocycles. The van der Waals surface area contributed by atoms with E-state index in [0.29, 0.717) is 19.0 Å². The van der Waals surface area contributed by atoms with Crippen LogP contribution in [0, 0.1) is 11.7 Å². The number of benzene rings is 1. The predicted octanol–water partition coefficient (Wildman–Crippen LogP) is 1.50. The van der Waals surface area contributed by atoms with Crippen LogP contribution in [0.25, 0.3) is 0 Å². The third-order valence-corrected chi connectivity index (χ3v) is 4.33. The van der Waals surface area contributed by atoms with Gasteiger partial charge in [-0.1, -0.05) is 11.6 Å². The molecule has 0 bridgehead atoms. The van der Waals surface area contributed by atoms with Crippen molar-refractivity contribution >= 4 is 23.5 Å². The third-order valence-electron chi connectivity index (χ3n) is 4.00. The van der Waals surface area contributed by atoms with Gasteiger partial charge in [0.25, 0.3) is 5.91 Å². The Morgan fingerprint density at radius 1 is 1.38 bits per heavy atom. The summed E-state index contributed by atoms with van der Waals surface area (Å²) in [5.41, 5.74) is 0.0720. The van der Waals surface area contributed by atoms with Crippen molar-refractivity contribution in [2.75, 3.05) is 24.6 Å². The number of hydrogen-bond acceptors (Lipinski definition) is 5. The van der Waals surface area contributed by atoms with Crippen molar-refractivity contribution < 1.29 is 14.3 Å². The van der Waals surface area contributed by atoms with E-state index in [1.807, 2.05) is 4.90 Å². The molecular weight excluding hydrogens is 335 g/mol. The average Bonchev–Trinajstić information content (AvgIpc) is 3.00. The Morgan fingerprint density at radius 3 is 2.83 bits per heavy atom. The molecule has 1 fully saturated rings. The molecule has 0 aliphatic carbocycles. The molecular formula is C16H16ClFN4O2. The molecule has 1 saturated heterocycles. The molecule has 0 radical (unpaired) electrons. The Hall–Kier alpha value is -2.25. The van der Waals surface area contributed by atoms with Crippen LogP contribution in [0.15, 0.2) is 36.7 Å². The lowest BCUT2D eigenvalue weighted by molar-refractivity contribution is 0.0921. The van der Waals surface area contributed by atoms with Gasteiger partial charge in [0.1, 0.15) is 5.82 Å². The molecule has 1 aliphatic heterocycles. The summed E-state index contributed by atoms with van der Waals surface area (Å²) in [5, 5.41) is 12.6. The van der Waals surface area contributed by atoms with Gasteiger partial charge < -0.3 is 15.3 Å². The Labute approximate surface area is 143 Å². The second kappa shape index (κ2) is 7.11. The molecule has 3 rings (SSSR count). The van der Waals surface area contributed by atoms with E-state index < -0.39 is 11.7 Å². The molecule has 6 nitrogen and oxygen atoms in total. The molecule has 8 heteroatoms. The zero-order valence-electron chi connectivity index (χ0n) is 12.7. The van der Waals surface area contributed by atoms with Crippen molar-refractivity contribution in [1.82, 2.24) is 15.3 Å². The molecule has 2 unspecified atom stereocenters. The number of aliphatic hydroxyl groups excluding tert-OH is 1. The highest BCUT2D eigenvalue weighted by Crippen LogP contribution is 2.22. The maximum absolute atomic E-state index is 13.3. The van der Waals surface area contributed by atoms with Gasteiger partial charge in [-0.25, -0.2) is 14.4 Å². The van der Waals surface area contributed by atoms with E-state index in [-0.39, 0.29) is 29.2 Å². The number of aromatic nitrogens is 2. The van der Waals surface area contributed by atoms with Gasteiger partial charge in [-0.15, -0.1) is 0 Å². The smallest absolute Gasteiger partial charge is 0.253 e. The number of halogens is 2. The summed E-state index contributed by atoms with van der Waals surface area (Å²) in [6.45, 7) is 0.876. The predicted molar refractivity (Wildman–Crippen MR) is 87.5 cm³/mol. The van der Waals surface area contributed by atoms with Gasteiger partial charge in [0, 0.05) is 38.0 Å². The zero-order chi connectivity index (χ0) is 17.1. The minimum atomic E-state index is -0.533. The van der Waals surface area contributed by atoms with Crippen molar-refractivity contribution in [2.45, 2.75) is 6.04 Å². The zero-order valence-corrected chi connectivity index (χ0v) is 13.4. The molecule has 1 aliphatic rings. The Kier molecular flexibility index (Phi) is 4.92. The number of rotatable bonds is 4. The summed E-state index contributed by atoms with van der Waals surface area (Å²) in [4.78, 5) is 22.6. The summed E-state index contributed by atoms with van der Waals surface area (Å²) < 4.78 is 13.3. The van der Waals surface area contributed by atoms with Crippen LogP contribution in [0.2, 0.25) is 5.02 Å². The van der Waals surface area contributed by atoms with Gasteiger partial charge >= 0.3 is 0 Å². The number of hydrogen-bond donors (Lipinski definition) is 2. The molecule has 1 aromatic heterocycles. The minimum Gasteiger partial charge on any atom is -0.396 e. The van der Waals surface area contributed by atoms with Crippen LogP contribution >= 0.6 is 11.6 Å². The lowest BCUT2D eigenvalue weighted by Gasteiger charge is -2.18. The fraction of sp³-hybridized carbons (Fsp3) is 0.312. The fourth-order valence-corrected chi connectivity index (χ4v) is 2.96. The SMILES string of the molecule is O=C(NC1CN(c2ncccn2)CC1CO)c1cc(F)ccc1Cl. The summed E-state index contributed by atoms with van der Waals surface area (Å²) in [6.07, 6.45) is 3.27. The first-order valence-corrected chi connectivity index (χ1v) is 7.85. The van der Waals surface area contributed by atoms with Crippen molar-refractivity contribution in [2.24, 2.45) is 5.92 Å². The van der Waals surface area contributed by atoms with Gasteiger partial charge in [-0.3, -0.25) is 4.79 Å². The summed E-state index contributed by atoms with van der Waals surface area (Å²) in [5.74, 6) is -0.644. The molecule has 2 atom stereocenters. The maximum Gasteiger partial charge on any atom is 0.253 e. The lowest BCUT2D eigenvalue weighted by Crippen LogP contribution is -2.41. The third kappa shape index (κ3) is 3.47. The summed E-state index contributed by atoms with van der Waals surface area (Å²) >= 11 is 5.96. The molecule has 1 aromatic carbocycles. The number of carbonyl (C=O) groups is 1. The van der Waals surface area contributed by atoms with Gasteiger partial charge in [-0.2, -0.15) is 0 Å². The number of nitrogens with one attached hydrogen (secondary N) is 1. The largest absolute Gasteiger partial charge is 0.396 e. The lowest BCUT2D eigenvalue weighted by atomic mass is 10.0. The van der Waals surface area contributed by atoms with Crippen LogP contribution in [0.4, 0.5) is 10.3 Å². The normalized spacial score (nSPS) is 20.2. The summed E-state index contributed by atoms with van der Waals surface area (Å²) in [6, 6.07) is 5.03. The summed E-state index contributed by atoms with van der Waals surface area (Å²) in [7, 11) is 0. The molecule has 0 spiro atoms. The van der Waals surface area contributed by atoms with Gasteiger partial charge in [0.15, 0.2) is 0 Å². The Balaban J connectivity index is 1.74. The Morgan fingerprint density at radius 2 is 2.12 bits per heavy atom. The van der Waals surface area contributed by atoms with E-state index >= 15 is 0 Å². The van der Waals surface area contributed by atoms with Gasteiger partial charge in [0.05, 0.1) is 16.6 Å². The highest BCUT2D eigenvalue weighted by molar-refractivity contribution is 6.33. The minimum absolute atomic E-state index is 0.0720. The standard InChI is InChI=1S/C16H16ClFN4O2/c17-13-3-2-11(18)6-12(13)15(24)21-14-8-22(7-10(14)9-23)16-19-4-1-5-20-16/h1-6,10,14,23H,7-9H2,(H,21,24). The van der Waals surface area contributed by atoms with Gasteiger partial charge in [-0.05, 0) is 24.3 Å². The molecule has 0 saturated carbocycles. The fourth-order valence-electron chi connectivity index (χ4n) is 2.76. The second-order valence-electron chi connectivity index (χ2n) is 5.60. The van der Waals surface area contributed by atoms with Crippen molar-refractivity contribution in [3.8, 4) is 0 Å². The average molecular weight is 351 g/mol. The van der Waals surface area contributed by atoms with Crippen LogP contribution in [0.1, 0.15) is 10.4 Å². The van der Waals surface area contributed by atoms with Gasteiger partial charge in [0.2, 0.25) is 5.95 Å². The number of anilines is 1. The van der Waals surface area contributed by atoms with Crippen LogP contribution in [0.3, 0.4) is 0 Å². The molecule has 24 heavy (non-hydrogen) atoms. The monoisotopic (exact) mass is 350 g/mol. The molecule has 2 aromatic rings. The van der Waals surface area contributed by atoms with Crippen LogP contribution in [-0.2, 0) is 0 Å². The number of carbonyl (C=O) groups excluding carboxylic acids is 1. The quantitative estimate of drug-likeness (QED) is 0.873.